The van der Waals surface area contributed by atoms with Gasteiger partial charge in [-0.05, 0) is 25.0 Å². The molecule has 0 radical (unpaired) electrons. The van der Waals surface area contributed by atoms with Crippen LogP contribution in [0.2, 0.25) is 0 Å². The number of carbonyl (C=O) groups excluding carboxylic acids is 1. The fourth-order valence-corrected chi connectivity index (χ4v) is 3.53. The summed E-state index contributed by atoms with van der Waals surface area (Å²) in [5, 5.41) is 4.01. The number of piperazine rings is 1. The van der Waals surface area contributed by atoms with E-state index in [1.54, 1.807) is 6.07 Å². The zero-order chi connectivity index (χ0) is 19.5. The Morgan fingerprint density at radius 3 is 2.38 bits per heavy atom. The van der Waals surface area contributed by atoms with Gasteiger partial charge in [0.15, 0.2) is 11.5 Å². The Morgan fingerprint density at radius 1 is 1.00 bits per heavy atom. The molecule has 3 aromatic rings. The molecule has 1 aliphatic rings. The van der Waals surface area contributed by atoms with Crippen LogP contribution in [0, 0.1) is 13.8 Å². The third-order valence-electron chi connectivity index (χ3n) is 5.38. The molecular weight excluding hydrogens is 386 g/mol. The summed E-state index contributed by atoms with van der Waals surface area (Å²) >= 11 is 0. The Bertz CT molecular complexity index is 960. The Balaban J connectivity index is 0.00000240. The van der Waals surface area contributed by atoms with Gasteiger partial charge in [-0.25, -0.2) is 0 Å². The summed E-state index contributed by atoms with van der Waals surface area (Å²) in [4.78, 5) is 17.1. The lowest BCUT2D eigenvalue weighted by Gasteiger charge is -2.34. The maximum Gasteiger partial charge on any atom is 0.276 e. The predicted octanol–water partition coefficient (Wildman–Crippen LogP) is 4.34. The van der Waals surface area contributed by atoms with Gasteiger partial charge in [0.1, 0.15) is 0 Å². The Hall–Kier alpha value is -2.63. The number of halogens is 1. The molecule has 0 atom stereocenters. The summed E-state index contributed by atoms with van der Waals surface area (Å²) in [5.41, 5.74) is 5.15. The zero-order valence-corrected chi connectivity index (χ0v) is 17.6. The molecule has 1 aliphatic heterocycles. The maximum atomic E-state index is 12.8. The first-order chi connectivity index (χ1) is 13.6. The highest BCUT2D eigenvalue weighted by Crippen LogP contribution is 2.22. The minimum Gasteiger partial charge on any atom is -0.355 e. The van der Waals surface area contributed by atoms with Crippen molar-refractivity contribution in [1.29, 1.82) is 0 Å². The molecule has 152 valence electrons. The number of rotatable bonds is 4. The number of benzene rings is 2. The van der Waals surface area contributed by atoms with Crippen molar-refractivity contribution in [1.82, 2.24) is 15.0 Å². The molecule has 1 saturated heterocycles. The lowest BCUT2D eigenvalue weighted by Crippen LogP contribution is -2.48. The fourth-order valence-electron chi connectivity index (χ4n) is 3.53. The molecule has 2 aromatic carbocycles. The van der Waals surface area contributed by atoms with E-state index in [4.69, 9.17) is 4.52 Å². The molecule has 5 nitrogen and oxygen atoms in total. The number of aryl methyl sites for hydroxylation is 2. The Labute approximate surface area is 177 Å². The molecule has 6 heteroatoms. The minimum absolute atomic E-state index is 0. The average molecular weight is 412 g/mol. The van der Waals surface area contributed by atoms with E-state index in [0.717, 1.165) is 25.2 Å². The predicted molar refractivity (Wildman–Crippen MR) is 116 cm³/mol. The SMILES string of the molecule is Cc1ccc(-c2cc(C(=O)N3CCN(Cc4ccccc4C)CC3)no2)cc1.Cl. The molecule has 0 saturated carbocycles. The van der Waals surface area contributed by atoms with Gasteiger partial charge in [0.05, 0.1) is 0 Å². The van der Waals surface area contributed by atoms with Crippen molar-refractivity contribution >= 4 is 18.3 Å². The molecule has 1 fully saturated rings. The molecule has 0 unspecified atom stereocenters. The van der Waals surface area contributed by atoms with Crippen molar-refractivity contribution in [3.05, 3.63) is 77.0 Å². The summed E-state index contributed by atoms with van der Waals surface area (Å²) in [5.74, 6) is 0.569. The van der Waals surface area contributed by atoms with Gasteiger partial charge in [-0.1, -0.05) is 59.3 Å². The smallest absolute Gasteiger partial charge is 0.276 e. The third-order valence-corrected chi connectivity index (χ3v) is 5.38. The van der Waals surface area contributed by atoms with Crippen LogP contribution in [0.3, 0.4) is 0 Å². The highest BCUT2D eigenvalue weighted by molar-refractivity contribution is 5.93. The summed E-state index contributed by atoms with van der Waals surface area (Å²) in [6.07, 6.45) is 0. The van der Waals surface area contributed by atoms with Crippen molar-refractivity contribution < 1.29 is 9.32 Å². The molecule has 0 N–H and O–H groups in total. The number of amides is 1. The van der Waals surface area contributed by atoms with Crippen molar-refractivity contribution in [2.24, 2.45) is 0 Å². The molecule has 29 heavy (non-hydrogen) atoms. The second-order valence-corrected chi connectivity index (χ2v) is 7.44. The molecule has 4 rings (SSSR count). The van der Waals surface area contributed by atoms with E-state index in [0.29, 0.717) is 24.5 Å². The van der Waals surface area contributed by atoms with Crippen molar-refractivity contribution in [3.63, 3.8) is 0 Å². The minimum atomic E-state index is -0.0577. The van der Waals surface area contributed by atoms with Gasteiger partial charge in [-0.2, -0.15) is 0 Å². The molecule has 0 spiro atoms. The number of aromatic nitrogens is 1. The van der Waals surface area contributed by atoms with Crippen LogP contribution in [0.5, 0.6) is 0 Å². The Morgan fingerprint density at radius 2 is 1.69 bits per heavy atom. The van der Waals surface area contributed by atoms with E-state index in [-0.39, 0.29) is 18.3 Å². The Kier molecular flexibility index (Phi) is 6.72. The fraction of sp³-hybridized carbons (Fsp3) is 0.304. The highest BCUT2D eigenvalue weighted by atomic mass is 35.5. The quantitative estimate of drug-likeness (QED) is 0.640. The second-order valence-electron chi connectivity index (χ2n) is 7.44. The third kappa shape index (κ3) is 4.86. The maximum absolute atomic E-state index is 12.8. The van der Waals surface area contributed by atoms with Crippen LogP contribution in [0.25, 0.3) is 11.3 Å². The topological polar surface area (TPSA) is 49.6 Å². The van der Waals surface area contributed by atoms with Gasteiger partial charge in [0, 0.05) is 44.4 Å². The largest absolute Gasteiger partial charge is 0.355 e. The summed E-state index contributed by atoms with van der Waals surface area (Å²) in [7, 11) is 0. The van der Waals surface area contributed by atoms with Crippen molar-refractivity contribution in [2.45, 2.75) is 20.4 Å². The standard InChI is InChI=1S/C23H25N3O2.ClH/c1-17-7-9-19(10-8-17)22-15-21(24-28-22)23(27)26-13-11-25(12-14-26)16-20-6-4-3-5-18(20)2;/h3-10,15H,11-14,16H2,1-2H3;1H. The van der Waals surface area contributed by atoms with Crippen LogP contribution in [0.1, 0.15) is 27.2 Å². The second kappa shape index (κ2) is 9.25. The summed E-state index contributed by atoms with van der Waals surface area (Å²) in [6, 6.07) is 18.2. The zero-order valence-electron chi connectivity index (χ0n) is 16.8. The lowest BCUT2D eigenvalue weighted by molar-refractivity contribution is 0.0618. The van der Waals surface area contributed by atoms with Gasteiger partial charge >= 0.3 is 0 Å². The van der Waals surface area contributed by atoms with Gasteiger partial charge < -0.3 is 9.42 Å². The normalized spacial score (nSPS) is 14.5. The van der Waals surface area contributed by atoms with E-state index in [1.807, 2.05) is 36.1 Å². The molecule has 1 amide bonds. The van der Waals surface area contributed by atoms with Crippen molar-refractivity contribution in [3.8, 4) is 11.3 Å². The van der Waals surface area contributed by atoms with Crippen molar-refractivity contribution in [2.75, 3.05) is 26.2 Å². The van der Waals surface area contributed by atoms with E-state index in [2.05, 4.69) is 41.2 Å². The summed E-state index contributed by atoms with van der Waals surface area (Å²) < 4.78 is 5.41. The van der Waals surface area contributed by atoms with Crippen LogP contribution < -0.4 is 0 Å². The average Bonchev–Trinajstić information content (AvgIpc) is 3.20. The lowest BCUT2D eigenvalue weighted by atomic mass is 10.1. The summed E-state index contributed by atoms with van der Waals surface area (Å²) in [6.45, 7) is 8.25. The van der Waals surface area contributed by atoms with E-state index in [1.165, 1.54) is 16.7 Å². The van der Waals surface area contributed by atoms with Crippen LogP contribution in [-0.4, -0.2) is 47.0 Å². The number of hydrogen-bond acceptors (Lipinski definition) is 4. The van der Waals surface area contributed by atoms with E-state index < -0.39 is 0 Å². The van der Waals surface area contributed by atoms with E-state index >= 15 is 0 Å². The van der Waals surface area contributed by atoms with Crippen LogP contribution >= 0.6 is 12.4 Å². The number of hydrogen-bond donors (Lipinski definition) is 0. The molecule has 1 aromatic heterocycles. The van der Waals surface area contributed by atoms with Gasteiger partial charge in [0.25, 0.3) is 5.91 Å². The number of nitrogens with zero attached hydrogens (tertiary/aromatic N) is 3. The first-order valence-corrected chi connectivity index (χ1v) is 9.70. The van der Waals surface area contributed by atoms with Crippen LogP contribution in [0.4, 0.5) is 0 Å². The first-order valence-electron chi connectivity index (χ1n) is 9.70. The van der Waals surface area contributed by atoms with Gasteiger partial charge in [-0.3, -0.25) is 9.69 Å². The van der Waals surface area contributed by atoms with E-state index in [9.17, 15) is 4.79 Å². The van der Waals surface area contributed by atoms with Crippen LogP contribution in [0.15, 0.2) is 59.1 Å². The number of carbonyl (C=O) groups is 1. The molecule has 0 aliphatic carbocycles. The monoisotopic (exact) mass is 411 g/mol. The first kappa shape index (κ1) is 21.1. The molecule has 2 heterocycles. The van der Waals surface area contributed by atoms with Gasteiger partial charge in [0.2, 0.25) is 0 Å². The highest BCUT2D eigenvalue weighted by Gasteiger charge is 2.25. The molecular formula is C23H26ClN3O2. The van der Waals surface area contributed by atoms with Gasteiger partial charge in [-0.15, -0.1) is 12.4 Å². The van der Waals surface area contributed by atoms with Crippen LogP contribution in [-0.2, 0) is 6.54 Å². The molecule has 0 bridgehead atoms.